The molecule has 0 aliphatic carbocycles. The fourth-order valence-corrected chi connectivity index (χ4v) is 3.89. The number of anilines is 1. The number of amides is 2. The Kier molecular flexibility index (Phi) is 4.38. The van der Waals surface area contributed by atoms with Crippen molar-refractivity contribution in [2.24, 2.45) is 0 Å². The molecular formula is C19H26N2O3. The summed E-state index contributed by atoms with van der Waals surface area (Å²) in [6.07, 6.45) is 3.03. The molecule has 3 rings (SSSR count). The average molecular weight is 330 g/mol. The summed E-state index contributed by atoms with van der Waals surface area (Å²) in [6.45, 7) is 6.77. The van der Waals surface area contributed by atoms with E-state index in [1.807, 2.05) is 25.1 Å². The fraction of sp³-hybridized carbons (Fsp3) is 0.579. The van der Waals surface area contributed by atoms with Crippen LogP contribution in [0, 0.1) is 0 Å². The Morgan fingerprint density at radius 3 is 2.71 bits per heavy atom. The van der Waals surface area contributed by atoms with Crippen molar-refractivity contribution in [1.29, 1.82) is 0 Å². The molecule has 1 fully saturated rings. The highest BCUT2D eigenvalue weighted by molar-refractivity contribution is 5.98. The van der Waals surface area contributed by atoms with Crippen LogP contribution in [-0.2, 0) is 11.2 Å². The number of likely N-dealkylation sites (tertiary alicyclic amines) is 1. The van der Waals surface area contributed by atoms with E-state index >= 15 is 0 Å². The summed E-state index contributed by atoms with van der Waals surface area (Å²) in [5.41, 5.74) is 1.74. The maximum absolute atomic E-state index is 12.9. The smallest absolute Gasteiger partial charge is 0.254 e. The molecule has 0 bridgehead atoms. The zero-order valence-electron chi connectivity index (χ0n) is 14.7. The molecule has 0 radical (unpaired) electrons. The van der Waals surface area contributed by atoms with E-state index < -0.39 is 5.60 Å². The molecule has 1 aromatic rings. The van der Waals surface area contributed by atoms with Crippen molar-refractivity contribution in [3.05, 3.63) is 29.3 Å². The quantitative estimate of drug-likeness (QED) is 0.925. The SMILES string of the molecule is CCC(=O)N1CCc2cc(C(=O)N3CCCC3C(C)(C)O)ccc21. The van der Waals surface area contributed by atoms with E-state index in [0.29, 0.717) is 25.1 Å². The molecular weight excluding hydrogens is 304 g/mol. The van der Waals surface area contributed by atoms with Crippen molar-refractivity contribution in [3.63, 3.8) is 0 Å². The predicted octanol–water partition coefficient (Wildman–Crippen LogP) is 2.36. The second-order valence-corrected chi connectivity index (χ2v) is 7.30. The fourth-order valence-electron chi connectivity index (χ4n) is 3.89. The lowest BCUT2D eigenvalue weighted by Gasteiger charge is -2.34. The van der Waals surface area contributed by atoms with Gasteiger partial charge in [0.1, 0.15) is 0 Å². The van der Waals surface area contributed by atoms with Crippen LogP contribution in [0.15, 0.2) is 18.2 Å². The van der Waals surface area contributed by atoms with Gasteiger partial charge in [-0.3, -0.25) is 9.59 Å². The Balaban J connectivity index is 1.84. The van der Waals surface area contributed by atoms with Crippen molar-refractivity contribution < 1.29 is 14.7 Å². The van der Waals surface area contributed by atoms with Gasteiger partial charge >= 0.3 is 0 Å². The number of hydrogen-bond donors (Lipinski definition) is 1. The minimum atomic E-state index is -0.896. The Labute approximate surface area is 143 Å². The largest absolute Gasteiger partial charge is 0.388 e. The van der Waals surface area contributed by atoms with Crippen LogP contribution in [0.2, 0.25) is 0 Å². The van der Waals surface area contributed by atoms with Gasteiger partial charge in [-0.1, -0.05) is 6.92 Å². The molecule has 1 unspecified atom stereocenters. The van der Waals surface area contributed by atoms with Crippen molar-refractivity contribution in [1.82, 2.24) is 4.90 Å². The summed E-state index contributed by atoms with van der Waals surface area (Å²) in [6, 6.07) is 5.47. The number of aliphatic hydroxyl groups is 1. The topological polar surface area (TPSA) is 60.9 Å². The second kappa shape index (κ2) is 6.20. The van der Waals surface area contributed by atoms with Gasteiger partial charge in [-0.05, 0) is 56.9 Å². The van der Waals surface area contributed by atoms with Crippen molar-refractivity contribution in [2.75, 3.05) is 18.0 Å². The normalized spacial score (nSPS) is 20.4. The molecule has 130 valence electrons. The van der Waals surface area contributed by atoms with E-state index in [-0.39, 0.29) is 17.9 Å². The van der Waals surface area contributed by atoms with Gasteiger partial charge in [0.2, 0.25) is 5.91 Å². The first-order valence-corrected chi connectivity index (χ1v) is 8.79. The summed E-state index contributed by atoms with van der Waals surface area (Å²) in [4.78, 5) is 28.5. The summed E-state index contributed by atoms with van der Waals surface area (Å²) < 4.78 is 0. The number of nitrogens with zero attached hydrogens (tertiary/aromatic N) is 2. The van der Waals surface area contributed by atoms with Gasteiger partial charge in [-0.2, -0.15) is 0 Å². The van der Waals surface area contributed by atoms with E-state index in [1.54, 1.807) is 23.6 Å². The highest BCUT2D eigenvalue weighted by Gasteiger charge is 2.39. The van der Waals surface area contributed by atoms with Gasteiger partial charge in [-0.15, -0.1) is 0 Å². The van der Waals surface area contributed by atoms with E-state index in [9.17, 15) is 14.7 Å². The standard InChI is InChI=1S/C19H26N2O3/c1-4-17(22)20-11-9-13-12-14(7-8-15(13)20)18(23)21-10-5-6-16(21)19(2,3)24/h7-8,12,16,24H,4-6,9-11H2,1-3H3. The number of rotatable bonds is 3. The lowest BCUT2D eigenvalue weighted by molar-refractivity contribution is -0.118. The Morgan fingerprint density at radius 2 is 2.04 bits per heavy atom. The zero-order valence-corrected chi connectivity index (χ0v) is 14.7. The molecule has 5 nitrogen and oxygen atoms in total. The van der Waals surface area contributed by atoms with Crippen LogP contribution in [0.3, 0.4) is 0 Å². The van der Waals surface area contributed by atoms with Crippen molar-refractivity contribution in [2.45, 2.75) is 58.1 Å². The van der Waals surface area contributed by atoms with Gasteiger partial charge in [0, 0.05) is 30.8 Å². The average Bonchev–Trinajstić information content (AvgIpc) is 3.19. The third-order valence-corrected chi connectivity index (χ3v) is 5.15. The summed E-state index contributed by atoms with van der Waals surface area (Å²) in [5, 5.41) is 10.3. The first kappa shape index (κ1) is 17.0. The van der Waals surface area contributed by atoms with Crippen molar-refractivity contribution in [3.8, 4) is 0 Å². The monoisotopic (exact) mass is 330 g/mol. The summed E-state index contributed by atoms with van der Waals surface area (Å²) in [7, 11) is 0. The van der Waals surface area contributed by atoms with Crippen LogP contribution in [0.5, 0.6) is 0 Å². The van der Waals surface area contributed by atoms with Crippen LogP contribution < -0.4 is 4.90 Å². The van der Waals surface area contributed by atoms with Crippen LogP contribution in [0.1, 0.15) is 56.0 Å². The lowest BCUT2D eigenvalue weighted by atomic mass is 9.96. The van der Waals surface area contributed by atoms with Crippen molar-refractivity contribution >= 4 is 17.5 Å². The third-order valence-electron chi connectivity index (χ3n) is 5.15. The number of fused-ring (bicyclic) bond motifs is 1. The minimum absolute atomic E-state index is 0.0253. The molecule has 2 heterocycles. The Morgan fingerprint density at radius 1 is 1.29 bits per heavy atom. The molecule has 2 amide bonds. The van der Waals surface area contributed by atoms with Crippen LogP contribution in [-0.4, -0.2) is 46.6 Å². The number of benzene rings is 1. The number of hydrogen-bond acceptors (Lipinski definition) is 3. The van der Waals surface area contributed by atoms with Gasteiger partial charge in [0.05, 0.1) is 11.6 Å². The highest BCUT2D eigenvalue weighted by atomic mass is 16.3. The lowest BCUT2D eigenvalue weighted by Crippen LogP contribution is -2.48. The molecule has 0 aromatic heterocycles. The molecule has 0 saturated carbocycles. The molecule has 24 heavy (non-hydrogen) atoms. The number of carbonyl (C=O) groups is 2. The molecule has 2 aliphatic rings. The molecule has 1 aromatic carbocycles. The Bertz CT molecular complexity index is 663. The van der Waals surface area contributed by atoms with Gasteiger partial charge < -0.3 is 14.9 Å². The highest BCUT2D eigenvalue weighted by Crippen LogP contribution is 2.32. The third kappa shape index (κ3) is 2.93. The summed E-state index contributed by atoms with van der Waals surface area (Å²) >= 11 is 0. The van der Waals surface area contributed by atoms with E-state index in [2.05, 4.69) is 0 Å². The molecule has 5 heteroatoms. The van der Waals surface area contributed by atoms with E-state index in [4.69, 9.17) is 0 Å². The first-order chi connectivity index (χ1) is 11.3. The zero-order chi connectivity index (χ0) is 17.5. The van der Waals surface area contributed by atoms with E-state index in [0.717, 1.165) is 30.5 Å². The molecule has 1 saturated heterocycles. The predicted molar refractivity (Wildman–Crippen MR) is 93.1 cm³/mol. The molecule has 2 aliphatic heterocycles. The molecule has 1 atom stereocenters. The Hall–Kier alpha value is -1.88. The van der Waals surface area contributed by atoms with Crippen LogP contribution in [0.4, 0.5) is 5.69 Å². The van der Waals surface area contributed by atoms with Gasteiger partial charge in [0.25, 0.3) is 5.91 Å². The van der Waals surface area contributed by atoms with Gasteiger partial charge in [0.15, 0.2) is 0 Å². The van der Waals surface area contributed by atoms with E-state index in [1.165, 1.54) is 0 Å². The molecule has 1 N–H and O–H groups in total. The maximum atomic E-state index is 12.9. The van der Waals surface area contributed by atoms with Crippen LogP contribution in [0.25, 0.3) is 0 Å². The maximum Gasteiger partial charge on any atom is 0.254 e. The first-order valence-electron chi connectivity index (χ1n) is 8.79. The number of carbonyl (C=O) groups excluding carboxylic acids is 2. The summed E-state index contributed by atoms with van der Waals surface area (Å²) in [5.74, 6) is 0.0946. The van der Waals surface area contributed by atoms with Crippen LogP contribution >= 0.6 is 0 Å². The second-order valence-electron chi connectivity index (χ2n) is 7.30. The minimum Gasteiger partial charge on any atom is -0.388 e. The molecule has 0 spiro atoms. The van der Waals surface area contributed by atoms with Gasteiger partial charge in [-0.25, -0.2) is 0 Å².